The van der Waals surface area contributed by atoms with Crippen molar-refractivity contribution in [3.63, 3.8) is 0 Å². The van der Waals surface area contributed by atoms with Crippen LogP contribution in [0.5, 0.6) is 0 Å². The first-order chi connectivity index (χ1) is 8.15. The van der Waals surface area contributed by atoms with Crippen LogP contribution in [-0.4, -0.2) is 17.7 Å². The third-order valence-electron chi connectivity index (χ3n) is 3.20. The van der Waals surface area contributed by atoms with Crippen LogP contribution < -0.4 is 5.32 Å². The molecule has 0 saturated carbocycles. The molecule has 2 atom stereocenters. The molecule has 1 aromatic rings. The van der Waals surface area contributed by atoms with Crippen LogP contribution in [0, 0.1) is 6.92 Å². The van der Waals surface area contributed by atoms with Crippen LogP contribution in [0.1, 0.15) is 50.3 Å². The average molecular weight is 235 g/mol. The zero-order chi connectivity index (χ0) is 12.7. The van der Waals surface area contributed by atoms with Gasteiger partial charge in [-0.15, -0.1) is 0 Å². The van der Waals surface area contributed by atoms with E-state index in [1.54, 1.807) is 0 Å². The van der Waals surface area contributed by atoms with Crippen molar-refractivity contribution in [1.29, 1.82) is 0 Å². The number of unbranched alkanes of at least 4 members (excludes halogenated alkanes) is 1. The van der Waals surface area contributed by atoms with Crippen molar-refractivity contribution >= 4 is 0 Å². The van der Waals surface area contributed by atoms with Gasteiger partial charge in [-0.25, -0.2) is 0 Å². The molecule has 0 aromatic heterocycles. The summed E-state index contributed by atoms with van der Waals surface area (Å²) in [5.41, 5.74) is 2.19. The molecule has 2 heteroatoms. The van der Waals surface area contributed by atoms with Gasteiger partial charge in [0.1, 0.15) is 0 Å². The van der Waals surface area contributed by atoms with Crippen molar-refractivity contribution in [3.05, 3.63) is 35.4 Å². The van der Waals surface area contributed by atoms with Crippen molar-refractivity contribution in [1.82, 2.24) is 5.32 Å². The monoisotopic (exact) mass is 235 g/mol. The Labute approximate surface area is 105 Å². The fraction of sp³-hybridized carbons (Fsp3) is 0.600. The molecule has 2 unspecified atom stereocenters. The third-order valence-corrected chi connectivity index (χ3v) is 3.20. The van der Waals surface area contributed by atoms with Gasteiger partial charge in [0, 0.05) is 12.6 Å². The predicted octanol–water partition coefficient (Wildman–Crippen LogP) is 3.20. The smallest absolute Gasteiger partial charge is 0.0917 e. The van der Waals surface area contributed by atoms with Crippen molar-refractivity contribution in [2.24, 2.45) is 0 Å². The minimum atomic E-state index is -0.403. The van der Waals surface area contributed by atoms with Gasteiger partial charge in [-0.1, -0.05) is 44.0 Å². The SMILES string of the molecule is CCCCC(C)NCC(O)c1ccccc1C. The van der Waals surface area contributed by atoms with Gasteiger partial charge in [-0.2, -0.15) is 0 Å². The first-order valence-electron chi connectivity index (χ1n) is 6.62. The summed E-state index contributed by atoms with van der Waals surface area (Å²) in [6.07, 6.45) is 3.25. The van der Waals surface area contributed by atoms with Crippen LogP contribution in [0.3, 0.4) is 0 Å². The highest BCUT2D eigenvalue weighted by Crippen LogP contribution is 2.16. The zero-order valence-corrected chi connectivity index (χ0v) is 11.2. The first kappa shape index (κ1) is 14.2. The topological polar surface area (TPSA) is 32.3 Å². The van der Waals surface area contributed by atoms with Crippen LogP contribution in [-0.2, 0) is 0 Å². The second-order valence-corrected chi connectivity index (χ2v) is 4.82. The summed E-state index contributed by atoms with van der Waals surface area (Å²) in [5, 5.41) is 13.5. The Bertz CT molecular complexity index is 324. The minimum absolute atomic E-state index is 0.403. The lowest BCUT2D eigenvalue weighted by atomic mass is 10.0. The number of nitrogens with one attached hydrogen (secondary N) is 1. The normalized spacial score (nSPS) is 14.6. The summed E-state index contributed by atoms with van der Waals surface area (Å²) in [7, 11) is 0. The summed E-state index contributed by atoms with van der Waals surface area (Å²) in [6, 6.07) is 8.50. The zero-order valence-electron chi connectivity index (χ0n) is 11.2. The van der Waals surface area contributed by atoms with Gasteiger partial charge < -0.3 is 10.4 Å². The highest BCUT2D eigenvalue weighted by molar-refractivity contribution is 5.27. The molecule has 17 heavy (non-hydrogen) atoms. The molecule has 0 aliphatic rings. The highest BCUT2D eigenvalue weighted by Gasteiger charge is 2.10. The van der Waals surface area contributed by atoms with E-state index in [0.717, 1.165) is 11.1 Å². The molecular formula is C15H25NO. The molecule has 0 bridgehead atoms. The number of rotatable bonds is 7. The molecule has 0 fully saturated rings. The number of aliphatic hydroxyl groups is 1. The van der Waals surface area contributed by atoms with Gasteiger partial charge in [0.25, 0.3) is 0 Å². The Kier molecular flexibility index (Phi) is 6.23. The molecule has 96 valence electrons. The largest absolute Gasteiger partial charge is 0.387 e. The maximum Gasteiger partial charge on any atom is 0.0917 e. The van der Waals surface area contributed by atoms with Crippen LogP contribution in [0.2, 0.25) is 0 Å². The van der Waals surface area contributed by atoms with Crippen molar-refractivity contribution in [3.8, 4) is 0 Å². The molecule has 1 aromatic carbocycles. The number of aliphatic hydroxyl groups excluding tert-OH is 1. The minimum Gasteiger partial charge on any atom is -0.387 e. The summed E-state index contributed by atoms with van der Waals surface area (Å²) in [6.45, 7) is 7.06. The van der Waals surface area contributed by atoms with E-state index in [9.17, 15) is 5.11 Å². The number of aryl methyl sites for hydroxylation is 1. The number of benzene rings is 1. The molecule has 0 radical (unpaired) electrons. The molecule has 0 spiro atoms. The molecule has 0 saturated heterocycles. The van der Waals surface area contributed by atoms with Crippen molar-refractivity contribution in [2.75, 3.05) is 6.54 Å². The number of hydrogen-bond donors (Lipinski definition) is 2. The average Bonchev–Trinajstić information content (AvgIpc) is 2.34. The van der Waals surface area contributed by atoms with E-state index >= 15 is 0 Å². The Morgan fingerprint density at radius 2 is 2.00 bits per heavy atom. The summed E-state index contributed by atoms with van der Waals surface area (Å²) in [5.74, 6) is 0. The second-order valence-electron chi connectivity index (χ2n) is 4.82. The van der Waals surface area contributed by atoms with Gasteiger partial charge in [0.15, 0.2) is 0 Å². The van der Waals surface area contributed by atoms with E-state index in [4.69, 9.17) is 0 Å². The Morgan fingerprint density at radius 1 is 1.29 bits per heavy atom. The lowest BCUT2D eigenvalue weighted by molar-refractivity contribution is 0.169. The fourth-order valence-corrected chi connectivity index (χ4v) is 2.00. The summed E-state index contributed by atoms with van der Waals surface area (Å²) in [4.78, 5) is 0. The summed E-state index contributed by atoms with van der Waals surface area (Å²) >= 11 is 0. The fourth-order valence-electron chi connectivity index (χ4n) is 2.00. The van der Waals surface area contributed by atoms with E-state index in [0.29, 0.717) is 12.6 Å². The second kappa shape index (κ2) is 7.46. The van der Waals surface area contributed by atoms with E-state index in [1.807, 2.05) is 31.2 Å². The van der Waals surface area contributed by atoms with Crippen LogP contribution in [0.4, 0.5) is 0 Å². The standard InChI is InChI=1S/C15H25NO/c1-4-5-9-13(3)16-11-15(17)14-10-7-6-8-12(14)2/h6-8,10,13,15-17H,4-5,9,11H2,1-3H3. The molecule has 0 heterocycles. The highest BCUT2D eigenvalue weighted by atomic mass is 16.3. The number of hydrogen-bond acceptors (Lipinski definition) is 2. The lowest BCUT2D eigenvalue weighted by Gasteiger charge is -2.18. The quantitative estimate of drug-likeness (QED) is 0.760. The van der Waals surface area contributed by atoms with E-state index in [1.165, 1.54) is 19.3 Å². The Hall–Kier alpha value is -0.860. The van der Waals surface area contributed by atoms with E-state index in [-0.39, 0.29) is 0 Å². The van der Waals surface area contributed by atoms with Crippen LogP contribution in [0.25, 0.3) is 0 Å². The van der Waals surface area contributed by atoms with Crippen molar-refractivity contribution < 1.29 is 5.11 Å². The summed E-state index contributed by atoms with van der Waals surface area (Å²) < 4.78 is 0. The van der Waals surface area contributed by atoms with Gasteiger partial charge in [-0.05, 0) is 31.4 Å². The Morgan fingerprint density at radius 3 is 2.65 bits per heavy atom. The van der Waals surface area contributed by atoms with Crippen molar-refractivity contribution in [2.45, 2.75) is 52.2 Å². The molecule has 2 nitrogen and oxygen atoms in total. The molecule has 0 aliphatic heterocycles. The van der Waals surface area contributed by atoms with Gasteiger partial charge in [0.05, 0.1) is 6.10 Å². The predicted molar refractivity (Wildman–Crippen MR) is 73.1 cm³/mol. The molecule has 0 amide bonds. The third kappa shape index (κ3) is 4.88. The van der Waals surface area contributed by atoms with Gasteiger partial charge in [0.2, 0.25) is 0 Å². The lowest BCUT2D eigenvalue weighted by Crippen LogP contribution is -2.30. The maximum absolute atomic E-state index is 10.1. The van der Waals surface area contributed by atoms with Crippen LogP contribution in [0.15, 0.2) is 24.3 Å². The van der Waals surface area contributed by atoms with Gasteiger partial charge >= 0.3 is 0 Å². The van der Waals surface area contributed by atoms with Crippen LogP contribution >= 0.6 is 0 Å². The van der Waals surface area contributed by atoms with E-state index in [2.05, 4.69) is 19.2 Å². The Balaban J connectivity index is 2.39. The maximum atomic E-state index is 10.1. The molecule has 0 aliphatic carbocycles. The molecule has 1 rings (SSSR count). The molecular weight excluding hydrogens is 210 g/mol. The first-order valence-corrected chi connectivity index (χ1v) is 6.62. The van der Waals surface area contributed by atoms with Gasteiger partial charge in [-0.3, -0.25) is 0 Å². The van der Waals surface area contributed by atoms with E-state index < -0.39 is 6.10 Å². The molecule has 2 N–H and O–H groups in total.